The quantitative estimate of drug-likeness (QED) is 0.772. The first-order valence-corrected chi connectivity index (χ1v) is 7.39. The monoisotopic (exact) mass is 322 g/mol. The van der Waals surface area contributed by atoms with Crippen molar-refractivity contribution in [3.8, 4) is 16.9 Å². The van der Waals surface area contributed by atoms with Crippen LogP contribution in [0.15, 0.2) is 67.0 Å². The number of phenols is 1. The number of hydrogen-bond donors (Lipinski definition) is 2. The van der Waals surface area contributed by atoms with Gasteiger partial charge in [-0.15, -0.1) is 0 Å². The van der Waals surface area contributed by atoms with Crippen LogP contribution in [0.3, 0.4) is 0 Å². The standard InChI is InChI=1S/C19H15FN2O2/c20-17-3-1-2-13(8-17)10-22-19(24)16-9-15(11-21-12-16)14-4-6-18(23)7-5-14/h1-9,11-12,23H,10H2,(H,22,24). The van der Waals surface area contributed by atoms with E-state index >= 15 is 0 Å². The Kier molecular flexibility index (Phi) is 4.52. The van der Waals surface area contributed by atoms with Crippen molar-refractivity contribution in [1.29, 1.82) is 0 Å². The van der Waals surface area contributed by atoms with Gasteiger partial charge in [0.1, 0.15) is 11.6 Å². The Labute approximate surface area is 138 Å². The number of hydrogen-bond acceptors (Lipinski definition) is 3. The molecule has 0 spiro atoms. The molecule has 0 aliphatic carbocycles. The van der Waals surface area contributed by atoms with E-state index in [1.54, 1.807) is 48.7 Å². The molecule has 3 rings (SSSR count). The van der Waals surface area contributed by atoms with E-state index in [4.69, 9.17) is 0 Å². The van der Waals surface area contributed by atoms with Crippen LogP contribution in [0, 0.1) is 5.82 Å². The average molecular weight is 322 g/mol. The summed E-state index contributed by atoms with van der Waals surface area (Å²) < 4.78 is 13.1. The van der Waals surface area contributed by atoms with Crippen molar-refractivity contribution in [2.45, 2.75) is 6.54 Å². The maximum absolute atomic E-state index is 13.1. The molecule has 0 aliphatic heterocycles. The second-order valence-electron chi connectivity index (χ2n) is 5.32. The van der Waals surface area contributed by atoms with Gasteiger partial charge < -0.3 is 10.4 Å². The molecule has 2 aromatic carbocycles. The highest BCUT2D eigenvalue weighted by molar-refractivity contribution is 5.95. The Hall–Kier alpha value is -3.21. The lowest BCUT2D eigenvalue weighted by Gasteiger charge is -2.07. The average Bonchev–Trinajstić information content (AvgIpc) is 2.60. The van der Waals surface area contributed by atoms with Crippen LogP contribution in [0.2, 0.25) is 0 Å². The van der Waals surface area contributed by atoms with Gasteiger partial charge in [-0.05, 0) is 41.5 Å². The number of phenolic OH excluding ortho intramolecular Hbond substituents is 1. The third kappa shape index (κ3) is 3.76. The molecule has 0 radical (unpaired) electrons. The number of amides is 1. The lowest BCUT2D eigenvalue weighted by atomic mass is 10.1. The Morgan fingerprint density at radius 2 is 1.83 bits per heavy atom. The maximum Gasteiger partial charge on any atom is 0.253 e. The molecule has 0 bridgehead atoms. The third-order valence-electron chi connectivity index (χ3n) is 3.54. The number of carbonyl (C=O) groups excluding carboxylic acids is 1. The van der Waals surface area contributed by atoms with E-state index in [1.807, 2.05) is 0 Å². The molecule has 5 heteroatoms. The Balaban J connectivity index is 1.73. The molecule has 0 unspecified atom stereocenters. The molecule has 1 heterocycles. The van der Waals surface area contributed by atoms with Crippen LogP contribution in [0.25, 0.3) is 11.1 Å². The molecule has 0 saturated heterocycles. The zero-order valence-corrected chi connectivity index (χ0v) is 12.7. The lowest BCUT2D eigenvalue weighted by Crippen LogP contribution is -2.23. The van der Waals surface area contributed by atoms with Crippen LogP contribution in [-0.4, -0.2) is 16.0 Å². The number of pyridine rings is 1. The topological polar surface area (TPSA) is 62.2 Å². The molecule has 1 amide bonds. The summed E-state index contributed by atoms with van der Waals surface area (Å²) in [7, 11) is 0. The zero-order chi connectivity index (χ0) is 16.9. The van der Waals surface area contributed by atoms with Crippen LogP contribution in [0.1, 0.15) is 15.9 Å². The van der Waals surface area contributed by atoms with Gasteiger partial charge in [0.2, 0.25) is 0 Å². The predicted octanol–water partition coefficient (Wildman–Crippen LogP) is 3.52. The molecule has 0 atom stereocenters. The van der Waals surface area contributed by atoms with Crippen molar-refractivity contribution < 1.29 is 14.3 Å². The van der Waals surface area contributed by atoms with Crippen LogP contribution in [0.4, 0.5) is 4.39 Å². The van der Waals surface area contributed by atoms with Gasteiger partial charge in [0.05, 0.1) is 5.56 Å². The van der Waals surface area contributed by atoms with Crippen LogP contribution < -0.4 is 5.32 Å². The second kappa shape index (κ2) is 6.91. The summed E-state index contributed by atoms with van der Waals surface area (Å²) in [5, 5.41) is 12.1. The number of nitrogens with one attached hydrogen (secondary N) is 1. The smallest absolute Gasteiger partial charge is 0.253 e. The Bertz CT molecular complexity index is 863. The van der Waals surface area contributed by atoms with Crippen molar-refractivity contribution in [2.75, 3.05) is 0 Å². The summed E-state index contributed by atoms with van der Waals surface area (Å²) in [5.74, 6) is -0.444. The maximum atomic E-state index is 13.1. The van der Waals surface area contributed by atoms with E-state index in [1.165, 1.54) is 18.3 Å². The van der Waals surface area contributed by atoms with Crippen molar-refractivity contribution in [3.63, 3.8) is 0 Å². The van der Waals surface area contributed by atoms with E-state index < -0.39 is 0 Å². The van der Waals surface area contributed by atoms with E-state index in [9.17, 15) is 14.3 Å². The number of aromatic hydroxyl groups is 1. The van der Waals surface area contributed by atoms with E-state index in [-0.39, 0.29) is 24.0 Å². The third-order valence-corrected chi connectivity index (χ3v) is 3.54. The predicted molar refractivity (Wildman–Crippen MR) is 88.9 cm³/mol. The lowest BCUT2D eigenvalue weighted by molar-refractivity contribution is 0.0950. The molecular weight excluding hydrogens is 307 g/mol. The van der Waals surface area contributed by atoms with Gasteiger partial charge in [0, 0.05) is 24.5 Å². The SMILES string of the molecule is O=C(NCc1cccc(F)c1)c1cncc(-c2ccc(O)cc2)c1. The fraction of sp³-hybridized carbons (Fsp3) is 0.0526. The van der Waals surface area contributed by atoms with Gasteiger partial charge in [0.15, 0.2) is 0 Å². The van der Waals surface area contributed by atoms with Crippen molar-refractivity contribution in [3.05, 3.63) is 83.9 Å². The summed E-state index contributed by atoms with van der Waals surface area (Å²) in [4.78, 5) is 16.3. The minimum Gasteiger partial charge on any atom is -0.508 e. The summed E-state index contributed by atoms with van der Waals surface area (Å²) in [6, 6.07) is 14.5. The van der Waals surface area contributed by atoms with E-state index in [0.29, 0.717) is 11.1 Å². The fourth-order valence-corrected chi connectivity index (χ4v) is 2.31. The first-order chi connectivity index (χ1) is 11.6. The molecule has 3 aromatic rings. The van der Waals surface area contributed by atoms with Gasteiger partial charge in [-0.2, -0.15) is 0 Å². The molecule has 120 valence electrons. The van der Waals surface area contributed by atoms with E-state index in [2.05, 4.69) is 10.3 Å². The molecule has 2 N–H and O–H groups in total. The molecule has 4 nitrogen and oxygen atoms in total. The summed E-state index contributed by atoms with van der Waals surface area (Å²) in [5.41, 5.74) is 2.72. The minimum atomic E-state index is -0.335. The number of carbonyl (C=O) groups is 1. The number of benzene rings is 2. The van der Waals surface area contributed by atoms with Crippen molar-refractivity contribution >= 4 is 5.91 Å². The first kappa shape index (κ1) is 15.7. The molecule has 1 aromatic heterocycles. The van der Waals surface area contributed by atoms with Gasteiger partial charge in [0.25, 0.3) is 5.91 Å². The van der Waals surface area contributed by atoms with Crippen LogP contribution in [-0.2, 0) is 6.54 Å². The Morgan fingerprint density at radius 1 is 1.04 bits per heavy atom. The minimum absolute atomic E-state index is 0.177. The normalized spacial score (nSPS) is 10.4. The van der Waals surface area contributed by atoms with E-state index in [0.717, 1.165) is 11.1 Å². The van der Waals surface area contributed by atoms with Crippen molar-refractivity contribution in [2.24, 2.45) is 0 Å². The van der Waals surface area contributed by atoms with Gasteiger partial charge in [-0.3, -0.25) is 9.78 Å². The number of aromatic nitrogens is 1. The highest BCUT2D eigenvalue weighted by Crippen LogP contribution is 2.21. The number of rotatable bonds is 4. The highest BCUT2D eigenvalue weighted by Gasteiger charge is 2.08. The Morgan fingerprint density at radius 3 is 2.58 bits per heavy atom. The highest BCUT2D eigenvalue weighted by atomic mass is 19.1. The molecule has 0 saturated carbocycles. The summed E-state index contributed by atoms with van der Waals surface area (Å²) in [6.07, 6.45) is 3.13. The zero-order valence-electron chi connectivity index (χ0n) is 12.7. The molecule has 0 aliphatic rings. The fourth-order valence-electron chi connectivity index (χ4n) is 2.31. The first-order valence-electron chi connectivity index (χ1n) is 7.39. The molecular formula is C19H15FN2O2. The molecule has 0 fully saturated rings. The van der Waals surface area contributed by atoms with Crippen LogP contribution >= 0.6 is 0 Å². The molecule has 24 heavy (non-hydrogen) atoms. The van der Waals surface area contributed by atoms with Gasteiger partial charge in [-0.1, -0.05) is 24.3 Å². The van der Waals surface area contributed by atoms with Gasteiger partial charge >= 0.3 is 0 Å². The van der Waals surface area contributed by atoms with Gasteiger partial charge in [-0.25, -0.2) is 4.39 Å². The summed E-state index contributed by atoms with van der Waals surface area (Å²) >= 11 is 0. The largest absolute Gasteiger partial charge is 0.508 e. The van der Waals surface area contributed by atoms with Crippen molar-refractivity contribution in [1.82, 2.24) is 10.3 Å². The second-order valence-corrected chi connectivity index (χ2v) is 5.32. The number of nitrogens with zero attached hydrogens (tertiary/aromatic N) is 1. The van der Waals surface area contributed by atoms with Crippen LogP contribution in [0.5, 0.6) is 5.75 Å². The number of halogens is 1. The summed E-state index contributed by atoms with van der Waals surface area (Å²) in [6.45, 7) is 0.236.